The van der Waals surface area contributed by atoms with Crippen molar-refractivity contribution in [3.05, 3.63) is 139 Å². The molecule has 0 radical (unpaired) electrons. The minimum absolute atomic E-state index is 0.576. The zero-order valence-corrected chi connectivity index (χ0v) is 23.8. The fourth-order valence-electron chi connectivity index (χ4n) is 6.18. The number of nitrogens with zero attached hydrogens (tertiary/aromatic N) is 4. The van der Waals surface area contributed by atoms with Crippen molar-refractivity contribution in [2.24, 2.45) is 0 Å². The Bertz CT molecular complexity index is 2420. The van der Waals surface area contributed by atoms with Gasteiger partial charge in [-0.15, -0.1) is 0 Å². The largest absolute Gasteiger partial charge is 0.436 e. The van der Waals surface area contributed by atoms with Crippen molar-refractivity contribution >= 4 is 44.0 Å². The number of hydrogen-bond donors (Lipinski definition) is 0. The lowest BCUT2D eigenvalue weighted by atomic mass is 10.0. The average molecular weight is 579 g/mol. The molecule has 45 heavy (non-hydrogen) atoms. The zero-order valence-electron chi connectivity index (χ0n) is 23.8. The first-order chi connectivity index (χ1) is 22.2. The Hall–Kier alpha value is -6.45. The number of fused-ring (bicyclic) bond motifs is 5. The molecule has 0 aliphatic carbocycles. The highest BCUT2D eigenvalue weighted by atomic mass is 16.4. The summed E-state index contributed by atoms with van der Waals surface area (Å²) in [6, 6.07) is 46.6. The molecular formula is C39H22N4O2. The average Bonchev–Trinajstić information content (AvgIpc) is 3.82. The summed E-state index contributed by atoms with van der Waals surface area (Å²) in [5.41, 5.74) is 10.8. The fraction of sp³-hybridized carbons (Fsp3) is 0. The monoisotopic (exact) mass is 578 g/mol. The van der Waals surface area contributed by atoms with Crippen LogP contribution in [0.2, 0.25) is 0 Å². The summed E-state index contributed by atoms with van der Waals surface area (Å²) >= 11 is 0. The molecule has 6 heteroatoms. The lowest BCUT2D eigenvalue weighted by Crippen LogP contribution is -1.97. The van der Waals surface area contributed by atoms with Crippen LogP contribution in [0.25, 0.3) is 83.7 Å². The summed E-state index contributed by atoms with van der Waals surface area (Å²) in [6.07, 6.45) is 0. The minimum Gasteiger partial charge on any atom is -0.436 e. The van der Waals surface area contributed by atoms with E-state index in [9.17, 15) is 5.26 Å². The van der Waals surface area contributed by atoms with E-state index in [4.69, 9.17) is 18.8 Å². The third-order valence-corrected chi connectivity index (χ3v) is 8.32. The van der Waals surface area contributed by atoms with E-state index < -0.39 is 0 Å². The molecule has 210 valence electrons. The van der Waals surface area contributed by atoms with Crippen LogP contribution in [0.5, 0.6) is 0 Å². The van der Waals surface area contributed by atoms with Gasteiger partial charge in [-0.3, -0.25) is 0 Å². The Kier molecular flexibility index (Phi) is 5.46. The molecule has 6 aromatic carbocycles. The van der Waals surface area contributed by atoms with Gasteiger partial charge in [-0.05, 0) is 84.4 Å². The second-order valence-corrected chi connectivity index (χ2v) is 11.0. The first-order valence-electron chi connectivity index (χ1n) is 14.6. The highest BCUT2D eigenvalue weighted by molar-refractivity contribution is 6.12. The van der Waals surface area contributed by atoms with Gasteiger partial charge in [0.05, 0.1) is 28.4 Å². The van der Waals surface area contributed by atoms with Crippen LogP contribution in [0.3, 0.4) is 0 Å². The minimum atomic E-state index is 0.576. The van der Waals surface area contributed by atoms with Gasteiger partial charge in [-0.25, -0.2) is 9.97 Å². The van der Waals surface area contributed by atoms with Crippen LogP contribution in [-0.4, -0.2) is 14.5 Å². The molecule has 0 atom stereocenters. The summed E-state index contributed by atoms with van der Waals surface area (Å²) in [7, 11) is 0. The molecule has 3 aromatic heterocycles. The van der Waals surface area contributed by atoms with Crippen molar-refractivity contribution in [3.63, 3.8) is 0 Å². The van der Waals surface area contributed by atoms with Crippen molar-refractivity contribution in [1.82, 2.24) is 14.5 Å². The fourth-order valence-corrected chi connectivity index (χ4v) is 6.18. The summed E-state index contributed by atoms with van der Waals surface area (Å²) in [5, 5.41) is 11.5. The number of rotatable bonds is 4. The lowest BCUT2D eigenvalue weighted by molar-refractivity contribution is 0.619. The van der Waals surface area contributed by atoms with Crippen LogP contribution in [0.15, 0.2) is 142 Å². The first kappa shape index (κ1) is 25.1. The second kappa shape index (κ2) is 9.80. The Morgan fingerprint density at radius 3 is 1.60 bits per heavy atom. The molecule has 0 aliphatic rings. The predicted molar refractivity (Wildman–Crippen MR) is 177 cm³/mol. The van der Waals surface area contributed by atoms with Gasteiger partial charge in [0.2, 0.25) is 11.8 Å². The molecular weight excluding hydrogens is 556 g/mol. The van der Waals surface area contributed by atoms with Gasteiger partial charge in [0.15, 0.2) is 11.2 Å². The maximum atomic E-state index is 9.36. The van der Waals surface area contributed by atoms with E-state index >= 15 is 0 Å². The van der Waals surface area contributed by atoms with Crippen LogP contribution in [-0.2, 0) is 0 Å². The van der Waals surface area contributed by atoms with Gasteiger partial charge < -0.3 is 13.4 Å². The molecule has 0 aliphatic heterocycles. The number of hydrogen-bond acceptors (Lipinski definition) is 5. The predicted octanol–water partition coefficient (Wildman–Crippen LogP) is 9.94. The molecule has 9 rings (SSSR count). The molecule has 9 aromatic rings. The Morgan fingerprint density at radius 1 is 0.533 bits per heavy atom. The number of oxazole rings is 2. The standard InChI is InChI=1S/C39H22N4O2/c40-23-24-13-15-25(16-14-24)28-7-1-4-10-33(28)43-34-19-17-26(38-41-31-8-2-5-11-36(31)44-38)21-29(34)30-22-27(18-20-35(30)43)39-42-32-9-3-6-12-37(32)45-39/h1-22H. The van der Waals surface area contributed by atoms with Gasteiger partial charge in [-0.2, -0.15) is 5.26 Å². The van der Waals surface area contributed by atoms with Crippen LogP contribution in [0.4, 0.5) is 0 Å². The van der Waals surface area contributed by atoms with Crippen molar-refractivity contribution in [2.45, 2.75) is 0 Å². The molecule has 0 bridgehead atoms. The number of nitriles is 1. The number of aromatic nitrogens is 3. The van der Waals surface area contributed by atoms with Crippen molar-refractivity contribution < 1.29 is 8.83 Å². The summed E-state index contributed by atoms with van der Waals surface area (Å²) in [5.74, 6) is 1.15. The molecule has 0 N–H and O–H groups in total. The molecule has 6 nitrogen and oxygen atoms in total. The first-order valence-corrected chi connectivity index (χ1v) is 14.6. The quantitative estimate of drug-likeness (QED) is 0.208. The van der Waals surface area contributed by atoms with Crippen molar-refractivity contribution in [2.75, 3.05) is 0 Å². The molecule has 0 saturated carbocycles. The highest BCUT2D eigenvalue weighted by Crippen LogP contribution is 2.40. The van der Waals surface area contributed by atoms with Gasteiger partial charge in [0, 0.05) is 27.5 Å². The Morgan fingerprint density at radius 2 is 1.04 bits per heavy atom. The van der Waals surface area contributed by atoms with Crippen LogP contribution in [0.1, 0.15) is 5.56 Å². The maximum absolute atomic E-state index is 9.36. The molecule has 0 unspecified atom stereocenters. The van der Waals surface area contributed by atoms with Crippen LogP contribution >= 0.6 is 0 Å². The molecule has 0 spiro atoms. The Labute approximate surface area is 257 Å². The second-order valence-electron chi connectivity index (χ2n) is 11.0. The van der Waals surface area contributed by atoms with Crippen LogP contribution in [0, 0.1) is 11.3 Å². The Balaban J connectivity index is 1.30. The van der Waals surface area contributed by atoms with Crippen molar-refractivity contribution in [1.29, 1.82) is 5.26 Å². The number of benzene rings is 6. The van der Waals surface area contributed by atoms with Crippen molar-refractivity contribution in [3.8, 4) is 45.8 Å². The van der Waals surface area contributed by atoms with E-state index in [0.717, 1.165) is 71.9 Å². The molecule has 3 heterocycles. The van der Waals surface area contributed by atoms with E-state index in [1.54, 1.807) is 0 Å². The smallest absolute Gasteiger partial charge is 0.227 e. The number of para-hydroxylation sites is 5. The third kappa shape index (κ3) is 4.03. The molecule has 0 amide bonds. The zero-order chi connectivity index (χ0) is 29.9. The van der Waals surface area contributed by atoms with Gasteiger partial charge in [0.1, 0.15) is 11.0 Å². The highest BCUT2D eigenvalue weighted by Gasteiger charge is 2.19. The lowest BCUT2D eigenvalue weighted by Gasteiger charge is -2.14. The third-order valence-electron chi connectivity index (χ3n) is 8.32. The summed E-state index contributed by atoms with van der Waals surface area (Å²) < 4.78 is 14.6. The summed E-state index contributed by atoms with van der Waals surface area (Å²) in [4.78, 5) is 9.54. The van der Waals surface area contributed by atoms with E-state index in [-0.39, 0.29) is 0 Å². The maximum Gasteiger partial charge on any atom is 0.227 e. The van der Waals surface area contributed by atoms with Gasteiger partial charge in [0.25, 0.3) is 0 Å². The summed E-state index contributed by atoms with van der Waals surface area (Å²) in [6.45, 7) is 0. The van der Waals surface area contributed by atoms with Crippen LogP contribution < -0.4 is 0 Å². The normalized spacial score (nSPS) is 11.5. The van der Waals surface area contributed by atoms with E-state index in [0.29, 0.717) is 17.3 Å². The molecule has 0 saturated heterocycles. The van der Waals surface area contributed by atoms with E-state index in [1.807, 2.05) is 78.9 Å². The topological polar surface area (TPSA) is 80.8 Å². The van der Waals surface area contributed by atoms with Gasteiger partial charge in [-0.1, -0.05) is 54.6 Å². The van der Waals surface area contributed by atoms with E-state index in [2.05, 4.69) is 65.2 Å². The van der Waals surface area contributed by atoms with Gasteiger partial charge >= 0.3 is 0 Å². The van der Waals surface area contributed by atoms with E-state index in [1.165, 1.54) is 0 Å². The molecule has 0 fully saturated rings. The SMILES string of the molecule is N#Cc1ccc(-c2ccccc2-n2c3ccc(-c4nc5ccccc5o4)cc3c3cc(-c4nc5ccccc5o4)ccc32)cc1.